The van der Waals surface area contributed by atoms with Gasteiger partial charge < -0.3 is 16.0 Å². The predicted octanol–water partition coefficient (Wildman–Crippen LogP) is 2.69. The number of likely N-dealkylation sites (tertiary alicyclic amines) is 1. The Bertz CT molecular complexity index is 636. The first-order valence-corrected chi connectivity index (χ1v) is 11.3. The number of nitrogens with zero attached hydrogens (tertiary/aromatic N) is 2. The molecule has 1 unspecified atom stereocenters. The number of amides is 1. The van der Waals surface area contributed by atoms with Crippen molar-refractivity contribution in [3.05, 3.63) is 35.9 Å². The van der Waals surface area contributed by atoms with Crippen molar-refractivity contribution in [1.29, 1.82) is 0 Å². The molecule has 0 spiro atoms. The van der Waals surface area contributed by atoms with Crippen LogP contribution in [-0.4, -0.2) is 56.5 Å². The predicted molar refractivity (Wildman–Crippen MR) is 119 cm³/mol. The van der Waals surface area contributed by atoms with Gasteiger partial charge in [-0.05, 0) is 50.3 Å². The first kappa shape index (κ1) is 21.6. The second-order valence-corrected chi connectivity index (χ2v) is 8.25. The summed E-state index contributed by atoms with van der Waals surface area (Å²) >= 11 is 0. The van der Waals surface area contributed by atoms with E-state index in [2.05, 4.69) is 56.2 Å². The van der Waals surface area contributed by atoms with Gasteiger partial charge in [0.25, 0.3) is 0 Å². The average molecular weight is 400 g/mol. The van der Waals surface area contributed by atoms with Gasteiger partial charge in [0.15, 0.2) is 5.96 Å². The van der Waals surface area contributed by atoms with Crippen LogP contribution in [0.2, 0.25) is 0 Å². The number of benzene rings is 1. The van der Waals surface area contributed by atoms with E-state index in [9.17, 15) is 4.79 Å². The molecule has 0 bridgehead atoms. The van der Waals surface area contributed by atoms with E-state index in [-0.39, 0.29) is 5.91 Å². The monoisotopic (exact) mass is 399 g/mol. The van der Waals surface area contributed by atoms with Gasteiger partial charge in [0.05, 0.1) is 6.04 Å². The van der Waals surface area contributed by atoms with Crippen molar-refractivity contribution in [2.75, 3.05) is 39.8 Å². The quantitative estimate of drug-likeness (QED) is 0.339. The molecule has 1 saturated carbocycles. The maximum atomic E-state index is 12.0. The minimum absolute atomic E-state index is 0.180. The van der Waals surface area contributed by atoms with E-state index in [4.69, 9.17) is 0 Å². The molecule has 1 saturated heterocycles. The minimum Gasteiger partial charge on any atom is -0.355 e. The fraction of sp³-hybridized carbons (Fsp3) is 0.652. The van der Waals surface area contributed by atoms with Crippen LogP contribution in [-0.2, 0) is 4.79 Å². The van der Waals surface area contributed by atoms with Crippen LogP contribution in [0.25, 0.3) is 0 Å². The molecule has 3 rings (SSSR count). The SMILES string of the molecule is CN=C(NCCNC(=O)CC1CCCC1)NCC(c1ccccc1)N1CCCC1. The van der Waals surface area contributed by atoms with Gasteiger partial charge in [0, 0.05) is 33.1 Å². The highest BCUT2D eigenvalue weighted by Crippen LogP contribution is 2.27. The molecule has 6 nitrogen and oxygen atoms in total. The average Bonchev–Trinajstić information content (AvgIpc) is 3.45. The Labute approximate surface area is 175 Å². The number of hydrogen-bond donors (Lipinski definition) is 3. The molecule has 1 aromatic rings. The van der Waals surface area contributed by atoms with E-state index < -0.39 is 0 Å². The summed E-state index contributed by atoms with van der Waals surface area (Å²) in [6.45, 7) is 4.43. The Morgan fingerprint density at radius 2 is 1.72 bits per heavy atom. The zero-order valence-corrected chi connectivity index (χ0v) is 17.8. The van der Waals surface area contributed by atoms with Gasteiger partial charge >= 0.3 is 0 Å². The van der Waals surface area contributed by atoms with Crippen LogP contribution in [0.1, 0.15) is 56.6 Å². The van der Waals surface area contributed by atoms with Gasteiger partial charge in [0.2, 0.25) is 5.91 Å². The zero-order valence-electron chi connectivity index (χ0n) is 17.8. The van der Waals surface area contributed by atoms with Crippen molar-refractivity contribution in [3.8, 4) is 0 Å². The first-order chi connectivity index (χ1) is 14.3. The molecule has 3 N–H and O–H groups in total. The number of rotatable bonds is 9. The molecule has 1 amide bonds. The summed E-state index contributed by atoms with van der Waals surface area (Å²) in [7, 11) is 1.79. The molecule has 0 radical (unpaired) electrons. The molecule has 1 atom stereocenters. The molecule has 1 aliphatic carbocycles. The molecule has 1 aromatic carbocycles. The molecule has 29 heavy (non-hydrogen) atoms. The second kappa shape index (κ2) is 11.8. The summed E-state index contributed by atoms with van der Waals surface area (Å²) in [6.07, 6.45) is 8.21. The Balaban J connectivity index is 1.39. The van der Waals surface area contributed by atoms with Gasteiger partial charge in [-0.2, -0.15) is 0 Å². The van der Waals surface area contributed by atoms with Crippen LogP contribution in [0.4, 0.5) is 0 Å². The number of nitrogens with one attached hydrogen (secondary N) is 3. The molecule has 0 aromatic heterocycles. The van der Waals surface area contributed by atoms with Crippen LogP contribution in [0.15, 0.2) is 35.3 Å². The largest absolute Gasteiger partial charge is 0.355 e. The Morgan fingerprint density at radius 3 is 2.41 bits per heavy atom. The molecule has 160 valence electrons. The maximum absolute atomic E-state index is 12.0. The fourth-order valence-corrected chi connectivity index (χ4v) is 4.53. The van der Waals surface area contributed by atoms with Crippen LogP contribution >= 0.6 is 0 Å². The molecule has 1 heterocycles. The van der Waals surface area contributed by atoms with Gasteiger partial charge in [-0.3, -0.25) is 14.7 Å². The van der Waals surface area contributed by atoms with E-state index in [0.29, 0.717) is 31.5 Å². The standard InChI is InChI=1S/C23H37N5O/c1-24-23(26-14-13-25-22(29)17-19-9-5-6-10-19)27-18-21(28-15-7-8-16-28)20-11-3-2-4-12-20/h2-4,11-12,19,21H,5-10,13-18H2,1H3,(H,25,29)(H2,24,26,27). The van der Waals surface area contributed by atoms with Gasteiger partial charge in [-0.25, -0.2) is 0 Å². The maximum Gasteiger partial charge on any atom is 0.220 e. The summed E-state index contributed by atoms with van der Waals surface area (Å²) in [5.41, 5.74) is 1.34. The molecular weight excluding hydrogens is 362 g/mol. The van der Waals surface area contributed by atoms with E-state index >= 15 is 0 Å². The lowest BCUT2D eigenvalue weighted by Crippen LogP contribution is -2.44. The highest BCUT2D eigenvalue weighted by molar-refractivity contribution is 5.80. The van der Waals surface area contributed by atoms with Crippen molar-refractivity contribution in [2.45, 2.75) is 51.0 Å². The van der Waals surface area contributed by atoms with Crippen molar-refractivity contribution in [3.63, 3.8) is 0 Å². The summed E-state index contributed by atoms with van der Waals surface area (Å²) in [4.78, 5) is 18.9. The summed E-state index contributed by atoms with van der Waals surface area (Å²) < 4.78 is 0. The Kier molecular flexibility index (Phi) is 8.81. The van der Waals surface area contributed by atoms with Crippen molar-refractivity contribution < 1.29 is 4.79 Å². The summed E-state index contributed by atoms with van der Waals surface area (Å²) in [6, 6.07) is 11.1. The fourth-order valence-electron chi connectivity index (χ4n) is 4.53. The lowest BCUT2D eigenvalue weighted by Gasteiger charge is -2.29. The smallest absolute Gasteiger partial charge is 0.220 e. The Morgan fingerprint density at radius 1 is 1.03 bits per heavy atom. The third kappa shape index (κ3) is 7.03. The first-order valence-electron chi connectivity index (χ1n) is 11.3. The number of hydrogen-bond acceptors (Lipinski definition) is 3. The van der Waals surface area contributed by atoms with E-state index in [1.807, 2.05) is 0 Å². The van der Waals surface area contributed by atoms with Gasteiger partial charge in [0.1, 0.15) is 0 Å². The van der Waals surface area contributed by atoms with Crippen molar-refractivity contribution in [1.82, 2.24) is 20.9 Å². The normalized spacial score (nSPS) is 19.3. The lowest BCUT2D eigenvalue weighted by molar-refractivity contribution is -0.121. The third-order valence-corrected chi connectivity index (χ3v) is 6.14. The topological polar surface area (TPSA) is 68.8 Å². The number of guanidine groups is 1. The molecule has 2 aliphatic rings. The number of aliphatic imine (C=N–C) groups is 1. The van der Waals surface area contributed by atoms with E-state index in [1.165, 1.54) is 44.1 Å². The van der Waals surface area contributed by atoms with E-state index in [0.717, 1.165) is 25.6 Å². The second-order valence-electron chi connectivity index (χ2n) is 8.25. The number of carbonyl (C=O) groups is 1. The zero-order chi connectivity index (χ0) is 20.3. The highest BCUT2D eigenvalue weighted by Gasteiger charge is 2.23. The summed E-state index contributed by atoms with van der Waals surface area (Å²) in [5, 5.41) is 9.83. The number of carbonyl (C=O) groups excluding carboxylic acids is 1. The lowest BCUT2D eigenvalue weighted by atomic mass is 10.0. The van der Waals surface area contributed by atoms with Crippen LogP contribution in [0, 0.1) is 5.92 Å². The molecule has 1 aliphatic heterocycles. The highest BCUT2D eigenvalue weighted by atomic mass is 16.1. The van der Waals surface area contributed by atoms with Crippen molar-refractivity contribution in [2.24, 2.45) is 10.9 Å². The minimum atomic E-state index is 0.180. The molecule has 6 heteroatoms. The van der Waals surface area contributed by atoms with Gasteiger partial charge in [-0.15, -0.1) is 0 Å². The van der Waals surface area contributed by atoms with Gasteiger partial charge in [-0.1, -0.05) is 43.2 Å². The van der Waals surface area contributed by atoms with Crippen LogP contribution < -0.4 is 16.0 Å². The van der Waals surface area contributed by atoms with Crippen LogP contribution in [0.5, 0.6) is 0 Å². The van der Waals surface area contributed by atoms with Crippen LogP contribution in [0.3, 0.4) is 0 Å². The van der Waals surface area contributed by atoms with Crippen molar-refractivity contribution >= 4 is 11.9 Å². The molecule has 2 fully saturated rings. The summed E-state index contributed by atoms with van der Waals surface area (Å²) in [5.74, 6) is 1.56. The third-order valence-electron chi connectivity index (χ3n) is 6.14. The Hall–Kier alpha value is -2.08. The molecular formula is C23H37N5O. The van der Waals surface area contributed by atoms with E-state index in [1.54, 1.807) is 7.05 Å².